The summed E-state index contributed by atoms with van der Waals surface area (Å²) in [7, 11) is 1.33. The van der Waals surface area contributed by atoms with Crippen LogP contribution < -0.4 is 0 Å². The Kier molecular flexibility index (Phi) is 2.08. The number of rotatable bonds is 0. The number of hydrogen-bond acceptors (Lipinski definition) is 1. The molecule has 0 bridgehead atoms. The van der Waals surface area contributed by atoms with Gasteiger partial charge in [0.25, 0.3) is 0 Å². The molecular formula is C6H14OSi. The molecule has 0 aromatic carbocycles. The van der Waals surface area contributed by atoms with Crippen LogP contribution in [0.15, 0.2) is 0 Å². The SMILES string of the molecule is O[C@H]1CC[C@@H]([SiH3])CC1. The Balaban J connectivity index is 2.19. The predicted molar refractivity (Wildman–Crippen MR) is 38.2 cm³/mol. The van der Waals surface area contributed by atoms with E-state index in [1.54, 1.807) is 0 Å². The smallest absolute Gasteiger partial charge is 0.0540 e. The van der Waals surface area contributed by atoms with E-state index in [-0.39, 0.29) is 6.10 Å². The summed E-state index contributed by atoms with van der Waals surface area (Å²) in [5.74, 6) is 0. The van der Waals surface area contributed by atoms with E-state index < -0.39 is 0 Å². The molecule has 1 N–H and O–H groups in total. The minimum atomic E-state index is 0.0419. The van der Waals surface area contributed by atoms with Crippen LogP contribution in [-0.4, -0.2) is 21.5 Å². The molecule has 0 aromatic rings. The molecule has 0 aliphatic heterocycles. The summed E-state index contributed by atoms with van der Waals surface area (Å²) in [5, 5.41) is 9.04. The summed E-state index contributed by atoms with van der Waals surface area (Å²) < 4.78 is 0. The van der Waals surface area contributed by atoms with E-state index in [1.165, 1.54) is 23.1 Å². The van der Waals surface area contributed by atoms with Gasteiger partial charge in [-0.2, -0.15) is 0 Å². The first-order chi connectivity index (χ1) is 3.79. The average molecular weight is 130 g/mol. The van der Waals surface area contributed by atoms with Crippen LogP contribution in [0.1, 0.15) is 25.7 Å². The normalized spacial score (nSPS) is 40.1. The summed E-state index contributed by atoms with van der Waals surface area (Å²) in [5.41, 5.74) is 0.999. The van der Waals surface area contributed by atoms with Gasteiger partial charge in [0.15, 0.2) is 0 Å². The van der Waals surface area contributed by atoms with Gasteiger partial charge in [0.05, 0.1) is 6.10 Å². The maximum atomic E-state index is 9.04. The highest BCUT2D eigenvalue weighted by Crippen LogP contribution is 2.25. The van der Waals surface area contributed by atoms with Crippen molar-refractivity contribution in [3.8, 4) is 0 Å². The summed E-state index contributed by atoms with van der Waals surface area (Å²) in [4.78, 5) is 0. The Hall–Kier alpha value is 0.177. The van der Waals surface area contributed by atoms with Crippen LogP contribution in [0, 0.1) is 0 Å². The van der Waals surface area contributed by atoms with E-state index in [0.29, 0.717) is 0 Å². The molecule has 0 aromatic heterocycles. The lowest BCUT2D eigenvalue weighted by Gasteiger charge is -2.21. The maximum Gasteiger partial charge on any atom is 0.0540 e. The second kappa shape index (κ2) is 2.64. The van der Waals surface area contributed by atoms with Gasteiger partial charge in [0.1, 0.15) is 0 Å². The fraction of sp³-hybridized carbons (Fsp3) is 1.00. The van der Waals surface area contributed by atoms with Crippen molar-refractivity contribution in [2.24, 2.45) is 0 Å². The molecular weight excluding hydrogens is 116 g/mol. The van der Waals surface area contributed by atoms with Crippen molar-refractivity contribution in [1.82, 2.24) is 0 Å². The van der Waals surface area contributed by atoms with Crippen molar-refractivity contribution in [2.75, 3.05) is 0 Å². The molecule has 8 heavy (non-hydrogen) atoms. The van der Waals surface area contributed by atoms with Crippen molar-refractivity contribution in [3.05, 3.63) is 0 Å². The molecule has 1 aliphatic rings. The van der Waals surface area contributed by atoms with Crippen molar-refractivity contribution in [2.45, 2.75) is 37.3 Å². The molecule has 0 atom stereocenters. The van der Waals surface area contributed by atoms with Gasteiger partial charge >= 0.3 is 0 Å². The summed E-state index contributed by atoms with van der Waals surface area (Å²) >= 11 is 0. The molecule has 2 heteroatoms. The van der Waals surface area contributed by atoms with E-state index in [9.17, 15) is 0 Å². The van der Waals surface area contributed by atoms with E-state index in [2.05, 4.69) is 0 Å². The lowest BCUT2D eigenvalue weighted by atomic mass is 9.97. The third kappa shape index (κ3) is 1.60. The van der Waals surface area contributed by atoms with Crippen molar-refractivity contribution >= 4 is 10.2 Å². The quantitative estimate of drug-likeness (QED) is 0.460. The monoisotopic (exact) mass is 130 g/mol. The molecule has 0 unspecified atom stereocenters. The Morgan fingerprint density at radius 2 is 1.62 bits per heavy atom. The lowest BCUT2D eigenvalue weighted by Crippen LogP contribution is -2.14. The fourth-order valence-corrected chi connectivity index (χ4v) is 1.91. The predicted octanol–water partition coefficient (Wildman–Crippen LogP) is 0.0752. The van der Waals surface area contributed by atoms with Gasteiger partial charge in [-0.15, -0.1) is 0 Å². The maximum absolute atomic E-state index is 9.04. The first-order valence-corrected chi connectivity index (χ1v) is 4.62. The summed E-state index contributed by atoms with van der Waals surface area (Å²) in [6.07, 6.45) is 4.74. The largest absolute Gasteiger partial charge is 0.393 e. The lowest BCUT2D eigenvalue weighted by molar-refractivity contribution is 0.130. The molecule has 1 rings (SSSR count). The minimum absolute atomic E-state index is 0.0419. The zero-order valence-electron chi connectivity index (χ0n) is 5.43. The first-order valence-electron chi connectivity index (χ1n) is 3.47. The number of hydrogen-bond donors (Lipinski definition) is 1. The van der Waals surface area contributed by atoms with Crippen molar-refractivity contribution < 1.29 is 5.11 Å². The highest BCUT2D eigenvalue weighted by atomic mass is 28.1. The average Bonchev–Trinajstić information content (AvgIpc) is 1.77. The topological polar surface area (TPSA) is 20.2 Å². The Bertz CT molecular complexity index is 56.9. The molecule has 48 valence electrons. The Labute approximate surface area is 53.5 Å². The zero-order chi connectivity index (χ0) is 5.98. The summed E-state index contributed by atoms with van der Waals surface area (Å²) in [6.45, 7) is 0. The van der Waals surface area contributed by atoms with E-state index in [4.69, 9.17) is 5.11 Å². The third-order valence-electron chi connectivity index (χ3n) is 1.99. The molecule has 1 saturated carbocycles. The molecule has 0 amide bonds. The van der Waals surface area contributed by atoms with E-state index >= 15 is 0 Å². The fourth-order valence-electron chi connectivity index (χ4n) is 1.24. The van der Waals surface area contributed by atoms with Crippen molar-refractivity contribution in [3.63, 3.8) is 0 Å². The molecule has 1 aliphatic carbocycles. The highest BCUT2D eigenvalue weighted by molar-refractivity contribution is 6.11. The van der Waals surface area contributed by atoms with Gasteiger partial charge in [-0.05, 0) is 12.8 Å². The third-order valence-corrected chi connectivity index (χ3v) is 3.14. The van der Waals surface area contributed by atoms with Gasteiger partial charge in [0, 0.05) is 10.2 Å². The number of aliphatic hydroxyl groups is 1. The van der Waals surface area contributed by atoms with Gasteiger partial charge in [0.2, 0.25) is 0 Å². The van der Waals surface area contributed by atoms with Gasteiger partial charge in [-0.1, -0.05) is 18.4 Å². The van der Waals surface area contributed by atoms with Crippen LogP contribution in [0.4, 0.5) is 0 Å². The number of aliphatic hydroxyl groups excluding tert-OH is 1. The first kappa shape index (κ1) is 6.30. The van der Waals surface area contributed by atoms with Crippen molar-refractivity contribution in [1.29, 1.82) is 0 Å². The second-order valence-corrected chi connectivity index (χ2v) is 4.55. The van der Waals surface area contributed by atoms with Gasteiger partial charge in [-0.25, -0.2) is 0 Å². The Morgan fingerprint density at radius 1 is 1.12 bits per heavy atom. The van der Waals surface area contributed by atoms with Gasteiger partial charge < -0.3 is 5.11 Å². The van der Waals surface area contributed by atoms with Crippen LogP contribution >= 0.6 is 0 Å². The Morgan fingerprint density at radius 3 is 2.00 bits per heavy atom. The summed E-state index contributed by atoms with van der Waals surface area (Å²) in [6, 6.07) is 0. The molecule has 1 fully saturated rings. The standard InChI is InChI=1S/C6H14OSi/c7-5-1-3-6(8)4-2-5/h5-7H,1-4H2,8H3/t5-,6+. The molecule has 0 radical (unpaired) electrons. The van der Waals surface area contributed by atoms with Crippen LogP contribution in [0.3, 0.4) is 0 Å². The van der Waals surface area contributed by atoms with E-state index in [1.807, 2.05) is 0 Å². The minimum Gasteiger partial charge on any atom is -0.393 e. The van der Waals surface area contributed by atoms with Crippen LogP contribution in [0.2, 0.25) is 5.54 Å². The second-order valence-electron chi connectivity index (χ2n) is 2.91. The molecule has 1 nitrogen and oxygen atoms in total. The molecule has 0 saturated heterocycles. The zero-order valence-corrected chi connectivity index (χ0v) is 7.43. The highest BCUT2D eigenvalue weighted by Gasteiger charge is 2.14. The molecule has 0 heterocycles. The van der Waals surface area contributed by atoms with E-state index in [0.717, 1.165) is 18.4 Å². The van der Waals surface area contributed by atoms with Crippen LogP contribution in [0.5, 0.6) is 0 Å². The van der Waals surface area contributed by atoms with Crippen LogP contribution in [0.25, 0.3) is 0 Å². The van der Waals surface area contributed by atoms with Crippen LogP contribution in [-0.2, 0) is 0 Å². The molecule has 0 spiro atoms. The van der Waals surface area contributed by atoms with Gasteiger partial charge in [-0.3, -0.25) is 0 Å².